The Morgan fingerprint density at radius 3 is 1.41 bits per heavy atom. The van der Waals surface area contributed by atoms with Gasteiger partial charge in [0.1, 0.15) is 17.2 Å². The molecular weight excluding hydrogens is 469 g/mol. The van der Waals surface area contributed by atoms with Gasteiger partial charge >= 0.3 is 0 Å². The van der Waals surface area contributed by atoms with Crippen LogP contribution in [0.4, 0.5) is 0 Å². The zero-order chi connectivity index (χ0) is 22.8. The molecular formula is C25H20Cl3NO3. The van der Waals surface area contributed by atoms with E-state index in [0.717, 1.165) is 33.6 Å². The van der Waals surface area contributed by atoms with E-state index in [0.29, 0.717) is 32.3 Å². The molecule has 0 saturated heterocycles. The van der Waals surface area contributed by atoms with Crippen molar-refractivity contribution in [3.05, 3.63) is 75.7 Å². The van der Waals surface area contributed by atoms with E-state index in [9.17, 15) is 0 Å². The van der Waals surface area contributed by atoms with Crippen molar-refractivity contribution in [1.29, 1.82) is 0 Å². The van der Waals surface area contributed by atoms with Crippen LogP contribution >= 0.6 is 34.8 Å². The van der Waals surface area contributed by atoms with Crippen LogP contribution in [0.15, 0.2) is 60.7 Å². The standard InChI is InChI=1S/C25H20Cl3NO3/c1-30-14-4-7-17(21(26)10-14)20-13-24(18-8-5-15(31-2)11-22(18)27)29-25(20)19-9-6-16(32-3)12-23(19)28/h4-13,29H,1-3H3. The average Bonchev–Trinajstić information content (AvgIpc) is 3.22. The highest BCUT2D eigenvalue weighted by Crippen LogP contribution is 2.43. The average molecular weight is 489 g/mol. The Balaban J connectivity index is 1.94. The summed E-state index contributed by atoms with van der Waals surface area (Å²) in [5.41, 5.74) is 4.99. The third kappa shape index (κ3) is 4.26. The molecule has 0 aliphatic carbocycles. The third-order valence-electron chi connectivity index (χ3n) is 5.20. The number of benzene rings is 3. The molecule has 3 aromatic carbocycles. The first-order valence-corrected chi connectivity index (χ1v) is 10.8. The number of aromatic amines is 1. The number of ether oxygens (including phenoxy) is 3. The molecule has 0 aliphatic heterocycles. The second kappa shape index (κ2) is 9.37. The van der Waals surface area contributed by atoms with Crippen molar-refractivity contribution in [1.82, 2.24) is 4.98 Å². The summed E-state index contributed by atoms with van der Waals surface area (Å²) in [4.78, 5) is 3.48. The van der Waals surface area contributed by atoms with Crippen LogP contribution in [0.1, 0.15) is 0 Å². The Hall–Kier alpha value is -2.79. The quantitative estimate of drug-likeness (QED) is 0.299. The molecule has 1 aromatic heterocycles. The first-order chi connectivity index (χ1) is 15.4. The van der Waals surface area contributed by atoms with Crippen LogP contribution in [-0.4, -0.2) is 26.3 Å². The molecule has 0 fully saturated rings. The van der Waals surface area contributed by atoms with E-state index in [4.69, 9.17) is 49.0 Å². The number of hydrogen-bond donors (Lipinski definition) is 1. The van der Waals surface area contributed by atoms with Crippen LogP contribution in [0, 0.1) is 0 Å². The van der Waals surface area contributed by atoms with Crippen molar-refractivity contribution in [2.24, 2.45) is 0 Å². The maximum atomic E-state index is 6.63. The van der Waals surface area contributed by atoms with Gasteiger partial charge < -0.3 is 19.2 Å². The maximum absolute atomic E-state index is 6.63. The van der Waals surface area contributed by atoms with E-state index in [2.05, 4.69) is 4.98 Å². The van der Waals surface area contributed by atoms with Gasteiger partial charge in [-0.25, -0.2) is 0 Å². The lowest BCUT2D eigenvalue weighted by molar-refractivity contribution is 0.415. The van der Waals surface area contributed by atoms with Gasteiger partial charge in [-0.3, -0.25) is 0 Å². The molecule has 0 saturated carbocycles. The Kier molecular flexibility index (Phi) is 6.56. The lowest BCUT2D eigenvalue weighted by Crippen LogP contribution is -1.89. The molecule has 0 aliphatic rings. The van der Waals surface area contributed by atoms with Gasteiger partial charge in [0.2, 0.25) is 0 Å². The molecule has 164 valence electrons. The SMILES string of the molecule is COc1ccc(-c2cc(-c3ccc(OC)cc3Cl)c(-c3ccc(OC)cc3Cl)[nH]2)c(Cl)c1. The summed E-state index contributed by atoms with van der Waals surface area (Å²) < 4.78 is 15.9. The normalized spacial score (nSPS) is 10.8. The van der Waals surface area contributed by atoms with Gasteiger partial charge in [0.25, 0.3) is 0 Å². The first kappa shape index (κ1) is 22.4. The Morgan fingerprint density at radius 1 is 0.531 bits per heavy atom. The van der Waals surface area contributed by atoms with Gasteiger partial charge in [0.05, 0.1) is 42.1 Å². The van der Waals surface area contributed by atoms with E-state index in [1.165, 1.54) is 0 Å². The van der Waals surface area contributed by atoms with E-state index in [-0.39, 0.29) is 0 Å². The maximum Gasteiger partial charge on any atom is 0.120 e. The van der Waals surface area contributed by atoms with Gasteiger partial charge in [0, 0.05) is 27.9 Å². The van der Waals surface area contributed by atoms with Crippen molar-refractivity contribution in [2.45, 2.75) is 0 Å². The van der Waals surface area contributed by atoms with Gasteiger partial charge in [-0.15, -0.1) is 0 Å². The van der Waals surface area contributed by atoms with Crippen LogP contribution in [-0.2, 0) is 0 Å². The highest BCUT2D eigenvalue weighted by Gasteiger charge is 2.19. The van der Waals surface area contributed by atoms with Crippen LogP contribution in [0.2, 0.25) is 15.1 Å². The van der Waals surface area contributed by atoms with Crippen LogP contribution in [0.3, 0.4) is 0 Å². The molecule has 0 atom stereocenters. The van der Waals surface area contributed by atoms with Gasteiger partial charge in [0.15, 0.2) is 0 Å². The molecule has 7 heteroatoms. The zero-order valence-corrected chi connectivity index (χ0v) is 19.9. The minimum absolute atomic E-state index is 0.546. The summed E-state index contributed by atoms with van der Waals surface area (Å²) in [6, 6.07) is 18.7. The smallest absolute Gasteiger partial charge is 0.120 e. The van der Waals surface area contributed by atoms with Crippen molar-refractivity contribution < 1.29 is 14.2 Å². The lowest BCUT2D eigenvalue weighted by atomic mass is 10.0. The monoisotopic (exact) mass is 487 g/mol. The zero-order valence-electron chi connectivity index (χ0n) is 17.6. The fourth-order valence-corrected chi connectivity index (χ4v) is 4.34. The number of nitrogens with one attached hydrogen (secondary N) is 1. The minimum atomic E-state index is 0.546. The molecule has 1 heterocycles. The molecule has 4 nitrogen and oxygen atoms in total. The van der Waals surface area contributed by atoms with Crippen molar-refractivity contribution in [3.63, 3.8) is 0 Å². The molecule has 0 bridgehead atoms. The van der Waals surface area contributed by atoms with Gasteiger partial charge in [-0.05, 0) is 60.7 Å². The van der Waals surface area contributed by atoms with E-state index >= 15 is 0 Å². The van der Waals surface area contributed by atoms with E-state index in [1.54, 1.807) is 39.5 Å². The summed E-state index contributed by atoms with van der Waals surface area (Å²) in [5, 5.41) is 1.66. The van der Waals surface area contributed by atoms with Crippen molar-refractivity contribution in [3.8, 4) is 50.9 Å². The molecule has 0 unspecified atom stereocenters. The number of H-pyrrole nitrogens is 1. The molecule has 4 rings (SSSR count). The summed E-state index contributed by atoms with van der Waals surface area (Å²) in [5.74, 6) is 2.03. The van der Waals surface area contributed by atoms with Crippen LogP contribution in [0.5, 0.6) is 17.2 Å². The number of halogens is 3. The largest absolute Gasteiger partial charge is 0.497 e. The van der Waals surface area contributed by atoms with Crippen molar-refractivity contribution >= 4 is 34.8 Å². The summed E-state index contributed by atoms with van der Waals surface area (Å²) in [6.45, 7) is 0. The first-order valence-electron chi connectivity index (χ1n) is 9.70. The molecule has 0 amide bonds. The fourth-order valence-electron chi connectivity index (χ4n) is 3.53. The second-order valence-corrected chi connectivity index (χ2v) is 8.23. The van der Waals surface area contributed by atoms with Crippen LogP contribution < -0.4 is 14.2 Å². The van der Waals surface area contributed by atoms with Crippen LogP contribution in [0.25, 0.3) is 33.6 Å². The van der Waals surface area contributed by atoms with Gasteiger partial charge in [-0.2, -0.15) is 0 Å². The summed E-state index contributed by atoms with van der Waals surface area (Å²) >= 11 is 19.8. The molecule has 32 heavy (non-hydrogen) atoms. The lowest BCUT2D eigenvalue weighted by Gasteiger charge is -2.10. The predicted octanol–water partition coefficient (Wildman–Crippen LogP) is 8.00. The fraction of sp³-hybridized carbons (Fsp3) is 0.120. The molecule has 4 aromatic rings. The number of methoxy groups -OCH3 is 3. The minimum Gasteiger partial charge on any atom is -0.497 e. The predicted molar refractivity (Wildman–Crippen MR) is 132 cm³/mol. The molecule has 1 N–H and O–H groups in total. The molecule has 0 spiro atoms. The Bertz CT molecular complexity index is 1210. The number of rotatable bonds is 6. The Morgan fingerprint density at radius 2 is 0.969 bits per heavy atom. The highest BCUT2D eigenvalue weighted by molar-refractivity contribution is 6.35. The number of hydrogen-bond acceptors (Lipinski definition) is 3. The van der Waals surface area contributed by atoms with E-state index in [1.807, 2.05) is 42.5 Å². The van der Waals surface area contributed by atoms with Gasteiger partial charge in [-0.1, -0.05) is 34.8 Å². The topological polar surface area (TPSA) is 43.5 Å². The highest BCUT2D eigenvalue weighted by atomic mass is 35.5. The summed E-state index contributed by atoms with van der Waals surface area (Å²) in [7, 11) is 4.81. The van der Waals surface area contributed by atoms with Crippen molar-refractivity contribution in [2.75, 3.05) is 21.3 Å². The Labute approximate surface area is 201 Å². The molecule has 0 radical (unpaired) electrons. The number of aromatic nitrogens is 1. The van der Waals surface area contributed by atoms with E-state index < -0.39 is 0 Å². The third-order valence-corrected chi connectivity index (χ3v) is 6.13. The summed E-state index contributed by atoms with van der Waals surface area (Å²) in [6.07, 6.45) is 0. The second-order valence-electron chi connectivity index (χ2n) is 7.01.